The van der Waals surface area contributed by atoms with E-state index in [0.29, 0.717) is 24.6 Å². The maximum absolute atomic E-state index is 12.6. The first kappa shape index (κ1) is 17.9. The number of rotatable bonds is 5. The summed E-state index contributed by atoms with van der Waals surface area (Å²) >= 11 is 0. The zero-order valence-electron chi connectivity index (χ0n) is 15.3. The van der Waals surface area contributed by atoms with Crippen LogP contribution in [0.4, 0.5) is 5.69 Å². The molecule has 1 aliphatic heterocycles. The minimum absolute atomic E-state index is 0.118. The Kier molecular flexibility index (Phi) is 4.61. The van der Waals surface area contributed by atoms with Gasteiger partial charge in [0.15, 0.2) is 6.10 Å². The van der Waals surface area contributed by atoms with Crippen LogP contribution < -0.4 is 14.4 Å². The molecular formula is C22H19NO5. The molecule has 0 saturated heterocycles. The number of ether oxygens (including phenoxy) is 2. The average molecular weight is 377 g/mol. The molecule has 0 fully saturated rings. The Morgan fingerprint density at radius 1 is 1.14 bits per heavy atom. The molecule has 4 rings (SSSR count). The highest BCUT2D eigenvalue weighted by atomic mass is 16.5. The van der Waals surface area contributed by atoms with Gasteiger partial charge in [-0.1, -0.05) is 36.4 Å². The number of amides is 1. The van der Waals surface area contributed by atoms with E-state index in [0.717, 1.165) is 16.5 Å². The van der Waals surface area contributed by atoms with Crippen LogP contribution in [0.1, 0.15) is 17.3 Å². The Labute approximate surface area is 161 Å². The lowest BCUT2D eigenvalue weighted by Gasteiger charge is -2.33. The molecule has 1 unspecified atom stereocenters. The van der Waals surface area contributed by atoms with Crippen LogP contribution >= 0.6 is 0 Å². The van der Waals surface area contributed by atoms with Gasteiger partial charge in [-0.2, -0.15) is 0 Å². The van der Waals surface area contributed by atoms with Crippen molar-refractivity contribution in [3.05, 3.63) is 66.2 Å². The number of fused-ring (bicyclic) bond motifs is 2. The molecule has 0 saturated carbocycles. The molecule has 0 aliphatic carbocycles. The van der Waals surface area contributed by atoms with Crippen molar-refractivity contribution in [2.45, 2.75) is 13.0 Å². The summed E-state index contributed by atoms with van der Waals surface area (Å²) in [7, 11) is 0. The van der Waals surface area contributed by atoms with E-state index in [2.05, 4.69) is 0 Å². The van der Waals surface area contributed by atoms with Crippen LogP contribution in [0, 0.1) is 0 Å². The van der Waals surface area contributed by atoms with Crippen molar-refractivity contribution in [2.75, 3.05) is 18.1 Å². The zero-order chi connectivity index (χ0) is 19.7. The fraction of sp³-hybridized carbons (Fsp3) is 0.182. The molecule has 28 heavy (non-hydrogen) atoms. The van der Waals surface area contributed by atoms with Gasteiger partial charge in [0.05, 0.1) is 17.8 Å². The Bertz CT molecular complexity index is 1060. The van der Waals surface area contributed by atoms with Crippen LogP contribution in [0.5, 0.6) is 11.5 Å². The van der Waals surface area contributed by atoms with Crippen LogP contribution in [0.25, 0.3) is 10.8 Å². The number of carboxylic acid groups (broad SMARTS) is 1. The van der Waals surface area contributed by atoms with E-state index in [-0.39, 0.29) is 11.5 Å². The van der Waals surface area contributed by atoms with Crippen LogP contribution in [-0.2, 0) is 4.79 Å². The van der Waals surface area contributed by atoms with Gasteiger partial charge in [-0.05, 0) is 36.6 Å². The van der Waals surface area contributed by atoms with Gasteiger partial charge in [0.1, 0.15) is 18.1 Å². The molecule has 6 nitrogen and oxygen atoms in total. The summed E-state index contributed by atoms with van der Waals surface area (Å²) in [5.41, 5.74) is 0.668. The van der Waals surface area contributed by atoms with Crippen molar-refractivity contribution < 1.29 is 24.2 Å². The normalized spacial score (nSPS) is 15.8. The fourth-order valence-corrected chi connectivity index (χ4v) is 3.34. The van der Waals surface area contributed by atoms with Crippen molar-refractivity contribution in [3.8, 4) is 11.5 Å². The molecule has 6 heteroatoms. The summed E-state index contributed by atoms with van der Waals surface area (Å²) in [6, 6.07) is 18.3. The number of carboxylic acids is 1. The second kappa shape index (κ2) is 7.23. The standard InChI is InChI=1S/C22H19NO5/c1-14-21(24)23(18-10-9-16(22(25)26)13-20(18)28-14)11-12-27-19-8-4-6-15-5-2-3-7-17(15)19/h2-10,13-14H,11-12H2,1H3,(H,25,26). The van der Waals surface area contributed by atoms with E-state index in [1.807, 2.05) is 42.5 Å². The number of nitrogens with zero attached hydrogens (tertiary/aromatic N) is 1. The first-order valence-corrected chi connectivity index (χ1v) is 9.00. The van der Waals surface area contributed by atoms with Crippen molar-refractivity contribution in [3.63, 3.8) is 0 Å². The van der Waals surface area contributed by atoms with Gasteiger partial charge in [-0.3, -0.25) is 4.79 Å². The number of carbonyl (C=O) groups excluding carboxylic acids is 1. The predicted octanol–water partition coefficient (Wildman–Crippen LogP) is 3.73. The van der Waals surface area contributed by atoms with Gasteiger partial charge in [0.2, 0.25) is 0 Å². The van der Waals surface area contributed by atoms with Crippen molar-refractivity contribution in [2.24, 2.45) is 0 Å². The van der Waals surface area contributed by atoms with Crippen molar-refractivity contribution >= 4 is 28.3 Å². The molecule has 0 spiro atoms. The minimum atomic E-state index is -1.04. The van der Waals surface area contributed by atoms with E-state index in [4.69, 9.17) is 14.6 Å². The average Bonchev–Trinajstić information content (AvgIpc) is 2.70. The first-order chi connectivity index (χ1) is 13.5. The predicted molar refractivity (Wildman–Crippen MR) is 105 cm³/mol. The van der Waals surface area contributed by atoms with Crippen LogP contribution in [0.15, 0.2) is 60.7 Å². The van der Waals surface area contributed by atoms with Gasteiger partial charge >= 0.3 is 5.97 Å². The summed E-state index contributed by atoms with van der Waals surface area (Å²) in [6.07, 6.45) is -0.686. The zero-order valence-corrected chi connectivity index (χ0v) is 15.3. The minimum Gasteiger partial charge on any atom is -0.491 e. The number of aromatic carboxylic acids is 1. The molecular weight excluding hydrogens is 358 g/mol. The highest BCUT2D eigenvalue weighted by Crippen LogP contribution is 2.35. The second-order valence-corrected chi connectivity index (χ2v) is 6.56. The number of benzene rings is 3. The molecule has 3 aromatic rings. The van der Waals surface area contributed by atoms with Gasteiger partial charge in [0.25, 0.3) is 5.91 Å². The lowest BCUT2D eigenvalue weighted by atomic mass is 10.1. The largest absolute Gasteiger partial charge is 0.491 e. The van der Waals surface area contributed by atoms with E-state index in [9.17, 15) is 9.59 Å². The first-order valence-electron chi connectivity index (χ1n) is 9.00. The lowest BCUT2D eigenvalue weighted by Crippen LogP contribution is -2.46. The molecule has 3 aromatic carbocycles. The smallest absolute Gasteiger partial charge is 0.335 e. The topological polar surface area (TPSA) is 76.1 Å². The third-order valence-electron chi connectivity index (χ3n) is 4.74. The molecule has 1 amide bonds. The maximum atomic E-state index is 12.6. The summed E-state index contributed by atoms with van der Waals surface area (Å²) in [5, 5.41) is 11.3. The third-order valence-corrected chi connectivity index (χ3v) is 4.74. The van der Waals surface area contributed by atoms with E-state index >= 15 is 0 Å². The lowest BCUT2D eigenvalue weighted by molar-refractivity contribution is -0.125. The van der Waals surface area contributed by atoms with Gasteiger partial charge in [0, 0.05) is 5.39 Å². The molecule has 0 bridgehead atoms. The summed E-state index contributed by atoms with van der Waals surface area (Å²) in [5.74, 6) is -0.0793. The maximum Gasteiger partial charge on any atom is 0.335 e. The van der Waals surface area contributed by atoms with Crippen LogP contribution in [-0.4, -0.2) is 36.2 Å². The van der Waals surface area contributed by atoms with Gasteiger partial charge < -0.3 is 19.5 Å². The van der Waals surface area contributed by atoms with Crippen LogP contribution in [0.3, 0.4) is 0 Å². The van der Waals surface area contributed by atoms with Gasteiger partial charge in [-0.15, -0.1) is 0 Å². The van der Waals surface area contributed by atoms with Gasteiger partial charge in [-0.25, -0.2) is 4.79 Å². The fourth-order valence-electron chi connectivity index (χ4n) is 3.34. The Balaban J connectivity index is 1.54. The molecule has 0 radical (unpaired) electrons. The highest BCUT2D eigenvalue weighted by Gasteiger charge is 2.31. The van der Waals surface area contributed by atoms with Crippen molar-refractivity contribution in [1.82, 2.24) is 0 Å². The number of hydrogen-bond acceptors (Lipinski definition) is 4. The Hall–Kier alpha value is -3.54. The monoisotopic (exact) mass is 377 g/mol. The number of anilines is 1. The molecule has 0 aromatic heterocycles. The van der Waals surface area contributed by atoms with E-state index in [1.165, 1.54) is 12.1 Å². The molecule has 1 aliphatic rings. The highest BCUT2D eigenvalue weighted by molar-refractivity contribution is 6.01. The number of hydrogen-bond donors (Lipinski definition) is 1. The molecule has 1 atom stereocenters. The summed E-state index contributed by atoms with van der Waals surface area (Å²) in [4.78, 5) is 25.4. The summed E-state index contributed by atoms with van der Waals surface area (Å²) < 4.78 is 11.5. The van der Waals surface area contributed by atoms with E-state index < -0.39 is 12.1 Å². The SMILES string of the molecule is CC1Oc2cc(C(=O)O)ccc2N(CCOc2cccc3ccccc23)C1=O. The van der Waals surface area contributed by atoms with Crippen LogP contribution in [0.2, 0.25) is 0 Å². The van der Waals surface area contributed by atoms with E-state index in [1.54, 1.807) is 17.9 Å². The Morgan fingerprint density at radius 3 is 2.75 bits per heavy atom. The summed E-state index contributed by atoms with van der Waals surface area (Å²) in [6.45, 7) is 2.28. The third kappa shape index (κ3) is 3.24. The molecule has 1 N–H and O–H groups in total. The Morgan fingerprint density at radius 2 is 1.93 bits per heavy atom. The quantitative estimate of drug-likeness (QED) is 0.733. The molecule has 1 heterocycles. The van der Waals surface area contributed by atoms with Crippen molar-refractivity contribution in [1.29, 1.82) is 0 Å². The number of carbonyl (C=O) groups is 2. The second-order valence-electron chi connectivity index (χ2n) is 6.56. The molecule has 142 valence electrons.